The summed E-state index contributed by atoms with van der Waals surface area (Å²) in [5, 5.41) is 9.96. The van der Waals surface area contributed by atoms with Crippen molar-refractivity contribution in [3.63, 3.8) is 0 Å². The van der Waals surface area contributed by atoms with Gasteiger partial charge in [-0.2, -0.15) is 0 Å². The van der Waals surface area contributed by atoms with Crippen molar-refractivity contribution in [1.82, 2.24) is 10.5 Å². The molecular weight excluding hydrogens is 218 g/mol. The lowest BCUT2D eigenvalue weighted by atomic mass is 10.0. The molecule has 1 aromatic heterocycles. The first-order valence-electron chi connectivity index (χ1n) is 6.34. The Labute approximate surface area is 99.9 Å². The smallest absolute Gasteiger partial charge is 0.243 e. The van der Waals surface area contributed by atoms with E-state index in [9.17, 15) is 4.79 Å². The van der Waals surface area contributed by atoms with E-state index in [-0.39, 0.29) is 11.9 Å². The molecule has 1 saturated carbocycles. The van der Waals surface area contributed by atoms with Crippen LogP contribution in [0.15, 0.2) is 10.6 Å². The molecule has 5 heteroatoms. The van der Waals surface area contributed by atoms with E-state index in [2.05, 4.69) is 15.8 Å². The molecule has 5 nitrogen and oxygen atoms in total. The highest BCUT2D eigenvalue weighted by Crippen LogP contribution is 2.40. The van der Waals surface area contributed by atoms with E-state index in [0.717, 1.165) is 31.5 Å². The molecule has 2 aliphatic rings. The Hall–Kier alpha value is -1.36. The zero-order valence-electron chi connectivity index (χ0n) is 9.74. The van der Waals surface area contributed by atoms with Gasteiger partial charge in [-0.1, -0.05) is 11.6 Å². The van der Waals surface area contributed by atoms with Crippen LogP contribution in [-0.2, 0) is 4.79 Å². The molecule has 0 bridgehead atoms. The molecule has 1 atom stereocenters. The van der Waals surface area contributed by atoms with E-state index >= 15 is 0 Å². The van der Waals surface area contributed by atoms with Crippen LogP contribution in [0.2, 0.25) is 0 Å². The van der Waals surface area contributed by atoms with Crippen LogP contribution in [-0.4, -0.2) is 23.7 Å². The number of anilines is 1. The fourth-order valence-electron chi connectivity index (χ4n) is 2.20. The SMILES string of the molecule is O=C(Nc1cc(C2CC2)no1)[C@H]1CCCCN1. The van der Waals surface area contributed by atoms with Gasteiger partial charge in [-0.15, -0.1) is 0 Å². The normalized spacial score (nSPS) is 24.6. The number of rotatable bonds is 3. The summed E-state index contributed by atoms with van der Waals surface area (Å²) in [6.45, 7) is 0.918. The lowest BCUT2D eigenvalue weighted by Gasteiger charge is -2.21. The maximum absolute atomic E-state index is 11.9. The highest BCUT2D eigenvalue weighted by atomic mass is 16.5. The van der Waals surface area contributed by atoms with Crippen molar-refractivity contribution in [2.45, 2.75) is 44.1 Å². The number of piperidine rings is 1. The van der Waals surface area contributed by atoms with Gasteiger partial charge in [-0.3, -0.25) is 10.1 Å². The van der Waals surface area contributed by atoms with Gasteiger partial charge in [-0.05, 0) is 32.2 Å². The van der Waals surface area contributed by atoms with Crippen molar-refractivity contribution < 1.29 is 9.32 Å². The minimum absolute atomic E-state index is 0.0109. The maximum atomic E-state index is 11.9. The molecule has 3 rings (SSSR count). The number of aromatic nitrogens is 1. The monoisotopic (exact) mass is 235 g/mol. The molecular formula is C12H17N3O2. The van der Waals surface area contributed by atoms with Crippen molar-refractivity contribution in [2.75, 3.05) is 11.9 Å². The number of nitrogens with zero attached hydrogens (tertiary/aromatic N) is 1. The second-order valence-corrected chi connectivity index (χ2v) is 4.88. The molecule has 1 saturated heterocycles. The number of amides is 1. The van der Waals surface area contributed by atoms with Crippen molar-refractivity contribution in [3.05, 3.63) is 11.8 Å². The largest absolute Gasteiger partial charge is 0.338 e. The Morgan fingerprint density at radius 3 is 3.00 bits per heavy atom. The van der Waals surface area contributed by atoms with Gasteiger partial charge in [0.1, 0.15) is 0 Å². The summed E-state index contributed by atoms with van der Waals surface area (Å²) in [6, 6.07) is 1.76. The quantitative estimate of drug-likeness (QED) is 0.835. The minimum atomic E-state index is -0.0850. The number of carbonyl (C=O) groups excluding carboxylic acids is 1. The summed E-state index contributed by atoms with van der Waals surface area (Å²) < 4.78 is 5.12. The fourth-order valence-corrected chi connectivity index (χ4v) is 2.20. The van der Waals surface area contributed by atoms with Crippen LogP contribution < -0.4 is 10.6 Å². The predicted octanol–water partition coefficient (Wildman–Crippen LogP) is 1.63. The summed E-state index contributed by atoms with van der Waals surface area (Å²) in [5.41, 5.74) is 0.969. The molecule has 2 heterocycles. The van der Waals surface area contributed by atoms with Gasteiger partial charge in [0.05, 0.1) is 11.7 Å². The lowest BCUT2D eigenvalue weighted by Crippen LogP contribution is -2.43. The summed E-state index contributed by atoms with van der Waals surface area (Å²) in [4.78, 5) is 11.9. The molecule has 0 aromatic carbocycles. The van der Waals surface area contributed by atoms with E-state index in [1.165, 1.54) is 12.8 Å². The zero-order chi connectivity index (χ0) is 11.7. The van der Waals surface area contributed by atoms with Crippen LogP contribution in [0.1, 0.15) is 43.7 Å². The second-order valence-electron chi connectivity index (χ2n) is 4.88. The van der Waals surface area contributed by atoms with Gasteiger partial charge < -0.3 is 9.84 Å². The number of hydrogen-bond acceptors (Lipinski definition) is 4. The van der Waals surface area contributed by atoms with Crippen LogP contribution in [0, 0.1) is 0 Å². The zero-order valence-corrected chi connectivity index (χ0v) is 9.74. The van der Waals surface area contributed by atoms with E-state index in [1.54, 1.807) is 0 Å². The summed E-state index contributed by atoms with van der Waals surface area (Å²) >= 11 is 0. The number of carbonyl (C=O) groups is 1. The van der Waals surface area contributed by atoms with Crippen LogP contribution in [0.3, 0.4) is 0 Å². The van der Waals surface area contributed by atoms with Gasteiger partial charge in [0.15, 0.2) is 0 Å². The van der Waals surface area contributed by atoms with Gasteiger partial charge >= 0.3 is 0 Å². The maximum Gasteiger partial charge on any atom is 0.243 e. The highest BCUT2D eigenvalue weighted by Gasteiger charge is 2.28. The van der Waals surface area contributed by atoms with Crippen molar-refractivity contribution >= 4 is 11.8 Å². The number of hydrogen-bond donors (Lipinski definition) is 2. The predicted molar refractivity (Wildman–Crippen MR) is 62.7 cm³/mol. The third kappa shape index (κ3) is 2.49. The average Bonchev–Trinajstić information content (AvgIpc) is 3.12. The van der Waals surface area contributed by atoms with Gasteiger partial charge in [0, 0.05) is 12.0 Å². The first-order chi connectivity index (χ1) is 8.33. The third-order valence-corrected chi connectivity index (χ3v) is 3.40. The first-order valence-corrected chi connectivity index (χ1v) is 6.34. The summed E-state index contributed by atoms with van der Waals surface area (Å²) in [5.74, 6) is 1.02. The highest BCUT2D eigenvalue weighted by molar-refractivity contribution is 5.93. The Bertz CT molecular complexity index is 406. The minimum Gasteiger partial charge on any atom is -0.338 e. The van der Waals surface area contributed by atoms with Gasteiger partial charge in [0.25, 0.3) is 0 Å². The summed E-state index contributed by atoms with van der Waals surface area (Å²) in [7, 11) is 0. The molecule has 1 aliphatic heterocycles. The van der Waals surface area contributed by atoms with Crippen LogP contribution in [0.4, 0.5) is 5.88 Å². The van der Waals surface area contributed by atoms with Crippen LogP contribution in [0.25, 0.3) is 0 Å². The fraction of sp³-hybridized carbons (Fsp3) is 0.667. The first kappa shape index (κ1) is 10.8. The van der Waals surface area contributed by atoms with E-state index in [0.29, 0.717) is 11.8 Å². The molecule has 1 aliphatic carbocycles. The average molecular weight is 235 g/mol. The third-order valence-electron chi connectivity index (χ3n) is 3.40. The van der Waals surface area contributed by atoms with Crippen LogP contribution >= 0.6 is 0 Å². The molecule has 1 amide bonds. The van der Waals surface area contributed by atoms with E-state index in [4.69, 9.17) is 4.52 Å². The van der Waals surface area contributed by atoms with Crippen molar-refractivity contribution in [1.29, 1.82) is 0 Å². The van der Waals surface area contributed by atoms with E-state index < -0.39 is 0 Å². The number of nitrogens with one attached hydrogen (secondary N) is 2. The summed E-state index contributed by atoms with van der Waals surface area (Å²) in [6.07, 6.45) is 5.52. The lowest BCUT2D eigenvalue weighted by molar-refractivity contribution is -0.118. The van der Waals surface area contributed by atoms with Crippen LogP contribution in [0.5, 0.6) is 0 Å². The Kier molecular flexibility index (Phi) is 2.84. The molecule has 0 radical (unpaired) electrons. The Morgan fingerprint density at radius 2 is 2.29 bits per heavy atom. The van der Waals surface area contributed by atoms with Gasteiger partial charge in [0.2, 0.25) is 11.8 Å². The molecule has 17 heavy (non-hydrogen) atoms. The van der Waals surface area contributed by atoms with E-state index in [1.807, 2.05) is 6.07 Å². The Morgan fingerprint density at radius 1 is 1.41 bits per heavy atom. The molecule has 0 unspecified atom stereocenters. The van der Waals surface area contributed by atoms with Gasteiger partial charge in [-0.25, -0.2) is 0 Å². The molecule has 2 fully saturated rings. The topological polar surface area (TPSA) is 67.2 Å². The molecule has 0 spiro atoms. The standard InChI is InChI=1S/C12H17N3O2/c16-12(9-3-1-2-6-13-9)14-11-7-10(15-17-11)8-4-5-8/h7-9,13H,1-6H2,(H,14,16)/t9-/m1/s1. The van der Waals surface area contributed by atoms with Crippen molar-refractivity contribution in [2.24, 2.45) is 0 Å². The Balaban J connectivity index is 1.58. The molecule has 2 N–H and O–H groups in total. The molecule has 92 valence electrons. The second kappa shape index (κ2) is 4.49. The van der Waals surface area contributed by atoms with Crippen molar-refractivity contribution in [3.8, 4) is 0 Å². The molecule has 1 aromatic rings.